The summed E-state index contributed by atoms with van der Waals surface area (Å²) in [6.07, 6.45) is 5.45. The van der Waals surface area contributed by atoms with E-state index < -0.39 is 0 Å². The van der Waals surface area contributed by atoms with E-state index in [-0.39, 0.29) is 5.41 Å². The van der Waals surface area contributed by atoms with Crippen molar-refractivity contribution in [2.24, 2.45) is 5.92 Å². The fourth-order valence-corrected chi connectivity index (χ4v) is 3.51. The maximum Gasteiger partial charge on any atom is 0.0982 e. The summed E-state index contributed by atoms with van der Waals surface area (Å²) in [7, 11) is 0. The minimum absolute atomic E-state index is 0.183. The van der Waals surface area contributed by atoms with Crippen molar-refractivity contribution in [3.05, 3.63) is 16.1 Å². The van der Waals surface area contributed by atoms with E-state index in [1.807, 2.05) is 0 Å². The second kappa shape index (κ2) is 5.70. The van der Waals surface area contributed by atoms with E-state index in [1.54, 1.807) is 11.3 Å². The van der Waals surface area contributed by atoms with E-state index in [0.717, 1.165) is 12.5 Å². The molecule has 1 heterocycles. The molecular weight excluding hydrogens is 240 g/mol. The first-order chi connectivity index (χ1) is 8.45. The zero-order chi connectivity index (χ0) is 13.2. The molecular formula is C15H26N2S. The molecule has 18 heavy (non-hydrogen) atoms. The summed E-state index contributed by atoms with van der Waals surface area (Å²) in [4.78, 5) is 4.74. The Labute approximate surface area is 115 Å². The third-order valence-electron chi connectivity index (χ3n) is 3.70. The van der Waals surface area contributed by atoms with Crippen LogP contribution in [0.2, 0.25) is 0 Å². The van der Waals surface area contributed by atoms with Crippen molar-refractivity contribution in [2.75, 3.05) is 0 Å². The molecule has 102 valence electrons. The van der Waals surface area contributed by atoms with Gasteiger partial charge in [-0.2, -0.15) is 0 Å². The highest BCUT2D eigenvalue weighted by atomic mass is 32.1. The first-order valence-corrected chi connectivity index (χ1v) is 8.01. The molecule has 2 rings (SSSR count). The minimum Gasteiger partial charge on any atom is -0.308 e. The first kappa shape index (κ1) is 14.0. The fraction of sp³-hybridized carbons (Fsp3) is 0.800. The van der Waals surface area contributed by atoms with Gasteiger partial charge in [0.15, 0.2) is 0 Å². The Balaban J connectivity index is 1.85. The van der Waals surface area contributed by atoms with Crippen molar-refractivity contribution in [3.8, 4) is 0 Å². The van der Waals surface area contributed by atoms with Crippen LogP contribution in [0.3, 0.4) is 0 Å². The van der Waals surface area contributed by atoms with Crippen LogP contribution < -0.4 is 5.32 Å². The predicted octanol–water partition coefficient (Wildman–Crippen LogP) is 4.11. The summed E-state index contributed by atoms with van der Waals surface area (Å²) in [5.74, 6) is 0.886. The van der Waals surface area contributed by atoms with Gasteiger partial charge in [-0.15, -0.1) is 11.3 Å². The summed E-state index contributed by atoms with van der Waals surface area (Å²) in [6.45, 7) is 9.99. The number of rotatable bonds is 3. The van der Waals surface area contributed by atoms with Gasteiger partial charge in [0, 0.05) is 23.4 Å². The standard InChI is InChI=1S/C15H26N2S/c1-11-6-5-7-12(8-11)16-9-13-10-18-14(17-13)15(2,3)4/h10-12,16H,5-9H2,1-4H3. The zero-order valence-corrected chi connectivity index (χ0v) is 12.9. The Kier molecular flexibility index (Phi) is 4.44. The van der Waals surface area contributed by atoms with Crippen LogP contribution in [-0.4, -0.2) is 11.0 Å². The number of thiazole rings is 1. The second-order valence-electron chi connectivity index (χ2n) is 6.74. The normalized spacial score (nSPS) is 25.3. The van der Waals surface area contributed by atoms with Gasteiger partial charge in [0.05, 0.1) is 10.7 Å². The van der Waals surface area contributed by atoms with E-state index in [9.17, 15) is 0 Å². The van der Waals surface area contributed by atoms with Crippen molar-refractivity contribution in [1.29, 1.82) is 0 Å². The third-order valence-corrected chi connectivity index (χ3v) is 5.02. The van der Waals surface area contributed by atoms with E-state index >= 15 is 0 Å². The molecule has 0 saturated heterocycles. The van der Waals surface area contributed by atoms with Gasteiger partial charge >= 0.3 is 0 Å². The van der Waals surface area contributed by atoms with Crippen molar-refractivity contribution < 1.29 is 0 Å². The van der Waals surface area contributed by atoms with Gasteiger partial charge in [-0.1, -0.05) is 40.5 Å². The molecule has 1 aromatic heterocycles. The zero-order valence-electron chi connectivity index (χ0n) is 12.1. The molecule has 2 atom stereocenters. The van der Waals surface area contributed by atoms with Gasteiger partial charge in [0.25, 0.3) is 0 Å². The van der Waals surface area contributed by atoms with Gasteiger partial charge in [0.2, 0.25) is 0 Å². The highest BCUT2D eigenvalue weighted by Crippen LogP contribution is 2.26. The van der Waals surface area contributed by atoms with Crippen LogP contribution in [0.15, 0.2) is 5.38 Å². The fourth-order valence-electron chi connectivity index (χ4n) is 2.60. The summed E-state index contributed by atoms with van der Waals surface area (Å²) >= 11 is 1.79. The van der Waals surface area contributed by atoms with Crippen molar-refractivity contribution in [2.45, 2.75) is 71.4 Å². The molecule has 0 aliphatic heterocycles. The van der Waals surface area contributed by atoms with Crippen LogP contribution in [0, 0.1) is 5.92 Å². The summed E-state index contributed by atoms with van der Waals surface area (Å²) in [5, 5.41) is 7.13. The number of hydrogen-bond acceptors (Lipinski definition) is 3. The van der Waals surface area contributed by atoms with Gasteiger partial charge in [0.1, 0.15) is 0 Å². The van der Waals surface area contributed by atoms with E-state index in [0.29, 0.717) is 6.04 Å². The average Bonchev–Trinajstić information content (AvgIpc) is 2.74. The van der Waals surface area contributed by atoms with Crippen molar-refractivity contribution in [1.82, 2.24) is 10.3 Å². The van der Waals surface area contributed by atoms with Crippen LogP contribution in [-0.2, 0) is 12.0 Å². The summed E-state index contributed by atoms with van der Waals surface area (Å²) < 4.78 is 0. The van der Waals surface area contributed by atoms with Gasteiger partial charge in [-0.3, -0.25) is 0 Å². The third kappa shape index (κ3) is 3.79. The van der Waals surface area contributed by atoms with Crippen LogP contribution in [0.25, 0.3) is 0 Å². The topological polar surface area (TPSA) is 24.9 Å². The predicted molar refractivity (Wildman–Crippen MR) is 79.1 cm³/mol. The molecule has 2 nitrogen and oxygen atoms in total. The van der Waals surface area contributed by atoms with Crippen LogP contribution in [0.1, 0.15) is 64.1 Å². The molecule has 1 fully saturated rings. The lowest BCUT2D eigenvalue weighted by Crippen LogP contribution is -2.33. The molecule has 0 bridgehead atoms. The van der Waals surface area contributed by atoms with E-state index in [2.05, 4.69) is 38.4 Å². The van der Waals surface area contributed by atoms with Gasteiger partial charge < -0.3 is 5.32 Å². The molecule has 3 heteroatoms. The second-order valence-corrected chi connectivity index (χ2v) is 7.60. The molecule has 0 radical (unpaired) electrons. The lowest BCUT2D eigenvalue weighted by molar-refractivity contribution is 0.300. The number of nitrogens with one attached hydrogen (secondary N) is 1. The van der Waals surface area contributed by atoms with Gasteiger partial charge in [-0.05, 0) is 18.8 Å². The average molecular weight is 266 g/mol. The molecule has 1 aliphatic rings. The Morgan fingerprint density at radius 2 is 2.17 bits per heavy atom. The smallest absolute Gasteiger partial charge is 0.0982 e. The lowest BCUT2D eigenvalue weighted by atomic mass is 9.87. The molecule has 1 aromatic rings. The van der Waals surface area contributed by atoms with E-state index in [4.69, 9.17) is 4.98 Å². The van der Waals surface area contributed by atoms with E-state index in [1.165, 1.54) is 36.4 Å². The van der Waals surface area contributed by atoms with Gasteiger partial charge in [-0.25, -0.2) is 4.98 Å². The highest BCUT2D eigenvalue weighted by molar-refractivity contribution is 7.09. The minimum atomic E-state index is 0.183. The summed E-state index contributed by atoms with van der Waals surface area (Å²) in [6, 6.07) is 0.702. The van der Waals surface area contributed by atoms with Crippen LogP contribution in [0.5, 0.6) is 0 Å². The quantitative estimate of drug-likeness (QED) is 0.890. The first-order valence-electron chi connectivity index (χ1n) is 7.13. The maximum absolute atomic E-state index is 4.74. The van der Waals surface area contributed by atoms with Crippen molar-refractivity contribution >= 4 is 11.3 Å². The molecule has 2 unspecified atom stereocenters. The molecule has 1 aliphatic carbocycles. The number of nitrogens with zero attached hydrogens (tertiary/aromatic N) is 1. The maximum atomic E-state index is 4.74. The monoisotopic (exact) mass is 266 g/mol. The molecule has 1 N–H and O–H groups in total. The van der Waals surface area contributed by atoms with Crippen LogP contribution in [0.4, 0.5) is 0 Å². The Bertz CT molecular complexity index is 378. The summed E-state index contributed by atoms with van der Waals surface area (Å²) in [5.41, 5.74) is 1.39. The lowest BCUT2D eigenvalue weighted by Gasteiger charge is -2.27. The Hall–Kier alpha value is -0.410. The SMILES string of the molecule is CC1CCCC(NCc2csc(C(C)(C)C)n2)C1. The molecule has 0 amide bonds. The number of hydrogen-bond donors (Lipinski definition) is 1. The number of aromatic nitrogens is 1. The molecule has 0 spiro atoms. The largest absolute Gasteiger partial charge is 0.308 e. The van der Waals surface area contributed by atoms with Crippen LogP contribution >= 0.6 is 11.3 Å². The van der Waals surface area contributed by atoms with Crippen molar-refractivity contribution in [3.63, 3.8) is 0 Å². The Morgan fingerprint density at radius 1 is 1.39 bits per heavy atom. The molecule has 1 saturated carbocycles. The molecule has 0 aromatic carbocycles. The Morgan fingerprint density at radius 3 is 2.78 bits per heavy atom. The highest BCUT2D eigenvalue weighted by Gasteiger charge is 2.20.